The van der Waals surface area contributed by atoms with Gasteiger partial charge in [-0.25, -0.2) is 0 Å². The number of aryl methyl sites for hydroxylation is 1. The van der Waals surface area contributed by atoms with Gasteiger partial charge in [0, 0.05) is 12.7 Å². The van der Waals surface area contributed by atoms with Crippen LogP contribution in [0.25, 0.3) is 0 Å². The third-order valence-corrected chi connectivity index (χ3v) is 4.11. The van der Waals surface area contributed by atoms with Crippen molar-refractivity contribution >= 4 is 9.76 Å². The summed E-state index contributed by atoms with van der Waals surface area (Å²) in [7, 11) is 3.07. The van der Waals surface area contributed by atoms with Gasteiger partial charge in [-0.05, 0) is 37.1 Å². The highest BCUT2D eigenvalue weighted by Gasteiger charge is 2.02. The summed E-state index contributed by atoms with van der Waals surface area (Å²) < 4.78 is 15.9. The molecule has 0 heterocycles. The predicted octanol–water partition coefficient (Wildman–Crippen LogP) is 2.17. The van der Waals surface area contributed by atoms with E-state index in [0.29, 0.717) is 0 Å². The molecule has 0 saturated carbocycles. The van der Waals surface area contributed by atoms with Gasteiger partial charge in [-0.1, -0.05) is 6.42 Å². The maximum atomic E-state index is 5.45. The Morgan fingerprint density at radius 1 is 1.06 bits per heavy atom. The van der Waals surface area contributed by atoms with E-state index < -0.39 is 0 Å². The van der Waals surface area contributed by atoms with Crippen LogP contribution >= 0.6 is 0 Å². The maximum Gasteiger partial charge on any atom is 0.161 e. The molecule has 1 rings (SSSR count). The molecule has 0 aliphatic rings. The van der Waals surface area contributed by atoms with Crippen molar-refractivity contribution in [3.8, 4) is 11.5 Å². The smallest absolute Gasteiger partial charge is 0.161 e. The molecular weight excluding hydrogens is 232 g/mol. The summed E-state index contributed by atoms with van der Waals surface area (Å²) in [6.07, 6.45) is 2.25. The number of ether oxygens (including phenoxy) is 2. The summed E-state index contributed by atoms with van der Waals surface area (Å²) >= 11 is 0. The molecule has 0 aromatic heterocycles. The minimum Gasteiger partial charge on any atom is -0.497 e. The Bertz CT molecular complexity index is 306. The van der Waals surface area contributed by atoms with E-state index in [2.05, 4.69) is 19.1 Å². The summed E-state index contributed by atoms with van der Waals surface area (Å²) in [6.45, 7) is 2.92. The third-order valence-electron chi connectivity index (χ3n) is 2.62. The lowest BCUT2D eigenvalue weighted by Crippen LogP contribution is -1.98. The van der Waals surface area contributed by atoms with Crippen LogP contribution in [0.5, 0.6) is 11.5 Å². The number of rotatable bonds is 8. The van der Waals surface area contributed by atoms with Crippen LogP contribution in [0.4, 0.5) is 0 Å². The molecule has 0 fully saturated rings. The first-order valence-corrected chi connectivity index (χ1v) is 7.67. The quantitative estimate of drug-likeness (QED) is 0.526. The fraction of sp³-hybridized carbons (Fsp3) is 0.538. The van der Waals surface area contributed by atoms with Crippen molar-refractivity contribution in [2.24, 2.45) is 0 Å². The molecule has 0 unspecified atom stereocenters. The normalized spacial score (nSPS) is 11.0. The molecule has 0 spiro atoms. The first kappa shape index (κ1) is 14.1. The van der Waals surface area contributed by atoms with Crippen molar-refractivity contribution in [2.45, 2.75) is 25.8 Å². The Morgan fingerprint density at radius 2 is 1.71 bits per heavy atom. The fourth-order valence-electron chi connectivity index (χ4n) is 1.69. The van der Waals surface area contributed by atoms with Crippen molar-refractivity contribution < 1.29 is 13.9 Å². The lowest BCUT2D eigenvalue weighted by molar-refractivity contribution is 0.359. The van der Waals surface area contributed by atoms with Crippen molar-refractivity contribution in [1.82, 2.24) is 0 Å². The first-order valence-electron chi connectivity index (χ1n) is 6.09. The van der Waals surface area contributed by atoms with Crippen LogP contribution in [0.2, 0.25) is 6.04 Å². The van der Waals surface area contributed by atoms with Crippen molar-refractivity contribution in [3.05, 3.63) is 23.8 Å². The lowest BCUT2D eigenvalue weighted by Gasteiger charge is -2.08. The molecule has 0 N–H and O–H groups in total. The molecule has 3 nitrogen and oxygen atoms in total. The summed E-state index contributed by atoms with van der Waals surface area (Å²) in [6, 6.07) is 7.28. The standard InChI is InChI=1S/C13H22O3Si/c1-4-16-17-7-5-6-11-8-12(14-2)10-13(9-11)15-3/h8-10H,4-7,17H2,1-3H3. The highest BCUT2D eigenvalue weighted by molar-refractivity contribution is 6.26. The second-order valence-electron chi connectivity index (χ2n) is 3.87. The molecule has 0 saturated heterocycles. The van der Waals surface area contributed by atoms with Crippen molar-refractivity contribution in [1.29, 1.82) is 0 Å². The van der Waals surface area contributed by atoms with Crippen LogP contribution in [-0.2, 0) is 10.8 Å². The Balaban J connectivity index is 2.46. The van der Waals surface area contributed by atoms with Crippen LogP contribution in [0.1, 0.15) is 18.9 Å². The van der Waals surface area contributed by atoms with Crippen LogP contribution < -0.4 is 9.47 Å². The van der Waals surface area contributed by atoms with E-state index in [9.17, 15) is 0 Å². The highest BCUT2D eigenvalue weighted by atomic mass is 28.2. The molecule has 96 valence electrons. The van der Waals surface area contributed by atoms with Crippen molar-refractivity contribution in [3.63, 3.8) is 0 Å². The number of hydrogen-bond acceptors (Lipinski definition) is 3. The number of hydrogen-bond donors (Lipinski definition) is 0. The third kappa shape index (κ3) is 5.24. The van der Waals surface area contributed by atoms with E-state index in [1.807, 2.05) is 6.07 Å². The molecular formula is C13H22O3Si. The van der Waals surface area contributed by atoms with E-state index in [0.717, 1.165) is 24.5 Å². The minimum absolute atomic E-state index is 0.297. The average molecular weight is 254 g/mol. The molecule has 1 aromatic rings. The van der Waals surface area contributed by atoms with Gasteiger partial charge in [0.05, 0.1) is 14.2 Å². The molecule has 0 radical (unpaired) electrons. The Kier molecular flexibility index (Phi) is 6.73. The van der Waals surface area contributed by atoms with Gasteiger partial charge in [0.25, 0.3) is 0 Å². The van der Waals surface area contributed by atoms with Crippen LogP contribution in [0, 0.1) is 0 Å². The predicted molar refractivity (Wildman–Crippen MR) is 72.8 cm³/mol. The van der Waals surface area contributed by atoms with Gasteiger partial charge in [-0.3, -0.25) is 0 Å². The van der Waals surface area contributed by atoms with Gasteiger partial charge in [-0.2, -0.15) is 0 Å². The van der Waals surface area contributed by atoms with Gasteiger partial charge in [0.2, 0.25) is 0 Å². The minimum atomic E-state index is -0.297. The molecule has 0 amide bonds. The van der Waals surface area contributed by atoms with E-state index in [4.69, 9.17) is 13.9 Å². The van der Waals surface area contributed by atoms with Gasteiger partial charge in [-0.15, -0.1) is 0 Å². The van der Waals surface area contributed by atoms with Crippen molar-refractivity contribution in [2.75, 3.05) is 20.8 Å². The first-order chi connectivity index (χ1) is 8.30. The molecule has 0 bridgehead atoms. The largest absolute Gasteiger partial charge is 0.497 e. The number of benzene rings is 1. The second-order valence-corrected chi connectivity index (χ2v) is 5.40. The Hall–Kier alpha value is -1.00. The van der Waals surface area contributed by atoms with Crippen LogP contribution in [0.3, 0.4) is 0 Å². The zero-order valence-electron chi connectivity index (χ0n) is 11.0. The van der Waals surface area contributed by atoms with E-state index in [1.165, 1.54) is 18.0 Å². The van der Waals surface area contributed by atoms with Gasteiger partial charge in [0.1, 0.15) is 11.5 Å². The molecule has 0 aliphatic carbocycles. The molecule has 0 aliphatic heterocycles. The molecule has 17 heavy (non-hydrogen) atoms. The van der Waals surface area contributed by atoms with Crippen LogP contribution in [0.15, 0.2) is 18.2 Å². The SMILES string of the molecule is CCO[SiH2]CCCc1cc(OC)cc(OC)c1. The van der Waals surface area contributed by atoms with Gasteiger partial charge < -0.3 is 13.9 Å². The summed E-state index contributed by atoms with van der Waals surface area (Å²) in [5.41, 5.74) is 1.27. The highest BCUT2D eigenvalue weighted by Crippen LogP contribution is 2.23. The van der Waals surface area contributed by atoms with E-state index in [1.54, 1.807) is 14.2 Å². The molecule has 0 atom stereocenters. The van der Waals surface area contributed by atoms with Gasteiger partial charge >= 0.3 is 0 Å². The number of methoxy groups -OCH3 is 2. The van der Waals surface area contributed by atoms with Gasteiger partial charge in [0.15, 0.2) is 9.76 Å². The monoisotopic (exact) mass is 254 g/mol. The lowest BCUT2D eigenvalue weighted by atomic mass is 10.1. The summed E-state index contributed by atoms with van der Waals surface area (Å²) in [5, 5.41) is 0. The van der Waals surface area contributed by atoms with E-state index >= 15 is 0 Å². The van der Waals surface area contributed by atoms with Crippen LogP contribution in [-0.4, -0.2) is 30.6 Å². The zero-order chi connectivity index (χ0) is 12.5. The maximum absolute atomic E-state index is 5.45. The Morgan fingerprint density at radius 3 is 2.24 bits per heavy atom. The average Bonchev–Trinajstić information content (AvgIpc) is 2.38. The topological polar surface area (TPSA) is 27.7 Å². The summed E-state index contributed by atoms with van der Waals surface area (Å²) in [4.78, 5) is 0. The Labute approximate surface area is 106 Å². The zero-order valence-corrected chi connectivity index (χ0v) is 12.4. The summed E-state index contributed by atoms with van der Waals surface area (Å²) in [5.74, 6) is 1.72. The molecule has 4 heteroatoms. The fourth-order valence-corrected chi connectivity index (χ4v) is 2.64. The van der Waals surface area contributed by atoms with E-state index in [-0.39, 0.29) is 9.76 Å². The second kappa shape index (κ2) is 8.14. The molecule has 1 aromatic carbocycles.